The van der Waals surface area contributed by atoms with Crippen LogP contribution in [0.5, 0.6) is 5.75 Å². The predicted octanol–water partition coefficient (Wildman–Crippen LogP) is 4.39. The topological polar surface area (TPSA) is 35.2 Å². The highest BCUT2D eigenvalue weighted by atomic mass is 35.5. The average molecular weight is 294 g/mol. The van der Waals surface area contributed by atoms with Gasteiger partial charge in [-0.25, -0.2) is 4.39 Å². The van der Waals surface area contributed by atoms with Crippen LogP contribution in [0.25, 0.3) is 0 Å². The molecule has 0 heterocycles. The molecule has 2 aromatic rings. The van der Waals surface area contributed by atoms with E-state index >= 15 is 0 Å². The minimum absolute atomic E-state index is 0.120. The van der Waals surface area contributed by atoms with Gasteiger partial charge < -0.3 is 10.5 Å². The monoisotopic (exact) mass is 293 g/mol. The SMILES string of the molecule is Cc1ccc(OCc2cc(Cl)ccc2F)c([C@@H](C)N)c1. The van der Waals surface area contributed by atoms with E-state index in [0.29, 0.717) is 16.3 Å². The van der Waals surface area contributed by atoms with E-state index in [1.807, 2.05) is 32.0 Å². The molecule has 0 aliphatic heterocycles. The molecule has 0 aliphatic rings. The smallest absolute Gasteiger partial charge is 0.129 e. The van der Waals surface area contributed by atoms with Gasteiger partial charge in [-0.2, -0.15) is 0 Å². The Kier molecular flexibility index (Phi) is 4.63. The second kappa shape index (κ2) is 6.25. The fraction of sp³-hybridized carbons (Fsp3) is 0.250. The molecule has 0 saturated carbocycles. The van der Waals surface area contributed by atoms with Crippen molar-refractivity contribution < 1.29 is 9.13 Å². The van der Waals surface area contributed by atoms with Crippen LogP contribution in [0.3, 0.4) is 0 Å². The van der Waals surface area contributed by atoms with Gasteiger partial charge in [0.1, 0.15) is 18.2 Å². The molecule has 2 N–H and O–H groups in total. The van der Waals surface area contributed by atoms with Crippen molar-refractivity contribution in [1.82, 2.24) is 0 Å². The summed E-state index contributed by atoms with van der Waals surface area (Å²) in [6.07, 6.45) is 0. The molecule has 0 spiro atoms. The average Bonchev–Trinajstić information content (AvgIpc) is 2.40. The second-order valence-corrected chi connectivity index (χ2v) is 5.29. The van der Waals surface area contributed by atoms with E-state index in [9.17, 15) is 4.39 Å². The second-order valence-electron chi connectivity index (χ2n) is 4.85. The van der Waals surface area contributed by atoms with Crippen molar-refractivity contribution in [2.24, 2.45) is 5.73 Å². The van der Waals surface area contributed by atoms with Crippen molar-refractivity contribution in [3.63, 3.8) is 0 Å². The fourth-order valence-corrected chi connectivity index (χ4v) is 2.16. The number of hydrogen-bond donors (Lipinski definition) is 1. The lowest BCUT2D eigenvalue weighted by molar-refractivity contribution is 0.295. The van der Waals surface area contributed by atoms with Crippen LogP contribution in [0.4, 0.5) is 4.39 Å². The van der Waals surface area contributed by atoms with Crippen molar-refractivity contribution in [2.45, 2.75) is 26.5 Å². The molecular weight excluding hydrogens is 277 g/mol. The summed E-state index contributed by atoms with van der Waals surface area (Å²) in [7, 11) is 0. The van der Waals surface area contributed by atoms with E-state index in [1.54, 1.807) is 6.07 Å². The van der Waals surface area contributed by atoms with Crippen LogP contribution in [0, 0.1) is 12.7 Å². The van der Waals surface area contributed by atoms with Crippen molar-refractivity contribution >= 4 is 11.6 Å². The third-order valence-electron chi connectivity index (χ3n) is 3.05. The van der Waals surface area contributed by atoms with Crippen LogP contribution < -0.4 is 10.5 Å². The van der Waals surface area contributed by atoms with E-state index in [0.717, 1.165) is 11.1 Å². The van der Waals surface area contributed by atoms with Crippen LogP contribution in [-0.2, 0) is 6.61 Å². The summed E-state index contributed by atoms with van der Waals surface area (Å²) in [5.74, 6) is 0.342. The van der Waals surface area contributed by atoms with Crippen LogP contribution in [0.1, 0.15) is 29.7 Å². The van der Waals surface area contributed by atoms with Crippen molar-refractivity contribution in [3.05, 3.63) is 63.9 Å². The standard InChI is InChI=1S/C16H17ClFNO/c1-10-3-6-16(14(7-10)11(2)19)20-9-12-8-13(17)4-5-15(12)18/h3-8,11H,9,19H2,1-2H3/t11-/m1/s1. The summed E-state index contributed by atoms with van der Waals surface area (Å²) in [6.45, 7) is 4.00. The molecule has 1 atom stereocenters. The number of ether oxygens (including phenoxy) is 1. The number of benzene rings is 2. The molecule has 0 saturated heterocycles. The van der Waals surface area contributed by atoms with Crippen molar-refractivity contribution in [2.75, 3.05) is 0 Å². The Morgan fingerprint density at radius 2 is 2.00 bits per heavy atom. The van der Waals surface area contributed by atoms with Gasteiger partial charge in [0.2, 0.25) is 0 Å². The lowest BCUT2D eigenvalue weighted by atomic mass is 10.1. The van der Waals surface area contributed by atoms with Gasteiger partial charge >= 0.3 is 0 Å². The Labute approximate surface area is 123 Å². The van der Waals surface area contributed by atoms with Crippen LogP contribution >= 0.6 is 11.6 Å². The first-order valence-corrected chi connectivity index (χ1v) is 6.78. The molecule has 106 valence electrons. The number of nitrogens with two attached hydrogens (primary N) is 1. The summed E-state index contributed by atoms with van der Waals surface area (Å²) in [5, 5.41) is 0.487. The zero-order chi connectivity index (χ0) is 14.7. The summed E-state index contributed by atoms with van der Waals surface area (Å²) >= 11 is 5.86. The lowest BCUT2D eigenvalue weighted by Gasteiger charge is -2.15. The van der Waals surface area contributed by atoms with Gasteiger partial charge in [0.25, 0.3) is 0 Å². The molecule has 2 rings (SSSR count). The number of aryl methyl sites for hydroxylation is 1. The molecule has 0 aliphatic carbocycles. The zero-order valence-corrected chi connectivity index (χ0v) is 12.2. The Morgan fingerprint density at radius 3 is 2.70 bits per heavy atom. The van der Waals surface area contributed by atoms with Gasteiger partial charge in [-0.15, -0.1) is 0 Å². The maximum absolute atomic E-state index is 13.6. The minimum Gasteiger partial charge on any atom is -0.488 e. The van der Waals surface area contributed by atoms with Gasteiger partial charge in [0.05, 0.1) is 0 Å². The minimum atomic E-state index is -0.330. The zero-order valence-electron chi connectivity index (χ0n) is 11.5. The molecular formula is C16H17ClFNO. The summed E-state index contributed by atoms with van der Waals surface area (Å²) < 4.78 is 19.3. The van der Waals surface area contributed by atoms with E-state index in [4.69, 9.17) is 22.1 Å². The van der Waals surface area contributed by atoms with Crippen LogP contribution in [-0.4, -0.2) is 0 Å². The fourth-order valence-electron chi connectivity index (χ4n) is 1.96. The maximum Gasteiger partial charge on any atom is 0.129 e. The van der Waals surface area contributed by atoms with Gasteiger partial charge in [-0.3, -0.25) is 0 Å². The van der Waals surface area contributed by atoms with Crippen LogP contribution in [0.2, 0.25) is 5.02 Å². The first kappa shape index (κ1) is 14.8. The number of rotatable bonds is 4. The molecule has 20 heavy (non-hydrogen) atoms. The van der Waals surface area contributed by atoms with Crippen molar-refractivity contribution in [3.8, 4) is 5.75 Å². The molecule has 0 bridgehead atoms. The first-order valence-electron chi connectivity index (χ1n) is 6.40. The van der Waals surface area contributed by atoms with Gasteiger partial charge in [0.15, 0.2) is 0 Å². The highest BCUT2D eigenvalue weighted by molar-refractivity contribution is 6.30. The molecule has 0 aromatic heterocycles. The Balaban J connectivity index is 2.20. The lowest BCUT2D eigenvalue weighted by Crippen LogP contribution is -2.09. The highest BCUT2D eigenvalue weighted by Crippen LogP contribution is 2.26. The third-order valence-corrected chi connectivity index (χ3v) is 3.28. The van der Waals surface area contributed by atoms with Gasteiger partial charge in [-0.05, 0) is 38.1 Å². The Bertz CT molecular complexity index is 613. The summed E-state index contributed by atoms with van der Waals surface area (Å²) in [6, 6.07) is 10.0. The van der Waals surface area contributed by atoms with E-state index in [-0.39, 0.29) is 18.5 Å². The largest absolute Gasteiger partial charge is 0.488 e. The molecule has 4 heteroatoms. The van der Waals surface area contributed by atoms with Crippen molar-refractivity contribution in [1.29, 1.82) is 0 Å². The molecule has 2 nitrogen and oxygen atoms in total. The molecule has 0 amide bonds. The van der Waals surface area contributed by atoms with Gasteiger partial charge in [0, 0.05) is 22.2 Å². The maximum atomic E-state index is 13.6. The Morgan fingerprint density at radius 1 is 1.25 bits per heavy atom. The molecule has 2 aromatic carbocycles. The molecule has 0 radical (unpaired) electrons. The first-order chi connectivity index (χ1) is 9.47. The summed E-state index contributed by atoms with van der Waals surface area (Å²) in [5.41, 5.74) is 8.38. The van der Waals surface area contributed by atoms with E-state index < -0.39 is 0 Å². The van der Waals surface area contributed by atoms with E-state index in [1.165, 1.54) is 12.1 Å². The van der Waals surface area contributed by atoms with Crippen LogP contribution in [0.15, 0.2) is 36.4 Å². The van der Waals surface area contributed by atoms with Gasteiger partial charge in [-0.1, -0.05) is 29.3 Å². The quantitative estimate of drug-likeness (QED) is 0.907. The highest BCUT2D eigenvalue weighted by Gasteiger charge is 2.10. The third kappa shape index (κ3) is 3.50. The molecule has 0 fully saturated rings. The Hall–Kier alpha value is -1.58. The predicted molar refractivity (Wildman–Crippen MR) is 79.5 cm³/mol. The summed E-state index contributed by atoms with van der Waals surface area (Å²) in [4.78, 5) is 0. The normalized spacial score (nSPS) is 12.2. The van der Waals surface area contributed by atoms with E-state index in [2.05, 4.69) is 0 Å². The number of hydrogen-bond acceptors (Lipinski definition) is 2. The number of halogens is 2. The molecule has 0 unspecified atom stereocenters.